The van der Waals surface area contributed by atoms with Crippen LogP contribution >= 0.6 is 0 Å². The summed E-state index contributed by atoms with van der Waals surface area (Å²) in [7, 11) is 0. The monoisotopic (exact) mass is 430 g/mol. The smallest absolute Gasteiger partial charge is 0.358 e. The van der Waals surface area contributed by atoms with E-state index in [0.29, 0.717) is 0 Å². The van der Waals surface area contributed by atoms with Crippen LogP contribution in [0, 0.1) is 59.3 Å². The normalized spacial score (nSPS) is 31.3. The number of hydrogen-bond acceptors (Lipinski definition) is 0. The van der Waals surface area contributed by atoms with Crippen LogP contribution in [0.5, 0.6) is 0 Å². The SMILES string of the molecule is CC.CC.CC1CCC(CC2CCC3CCCCC32)C1.[CH3-].[CH3-].[CH3-].[CH3-].[Zr+4]. The van der Waals surface area contributed by atoms with Crippen LogP contribution in [0.15, 0.2) is 0 Å². The van der Waals surface area contributed by atoms with E-state index in [1.54, 1.807) is 51.4 Å². The molecule has 3 aliphatic rings. The molecular weight excluding hydrogens is 379 g/mol. The first-order chi connectivity index (χ1) is 9.83. The van der Waals surface area contributed by atoms with Gasteiger partial charge in [-0.1, -0.05) is 66.7 Å². The van der Waals surface area contributed by atoms with Crippen molar-refractivity contribution < 1.29 is 26.2 Å². The molecule has 5 atom stereocenters. The minimum atomic E-state index is 0. The van der Waals surface area contributed by atoms with E-state index in [1.165, 1.54) is 12.8 Å². The van der Waals surface area contributed by atoms with Crippen LogP contribution in [0.1, 0.15) is 98.8 Å². The molecule has 0 bridgehead atoms. The summed E-state index contributed by atoms with van der Waals surface area (Å²) in [6, 6.07) is 0. The molecule has 5 unspecified atom stereocenters. The molecule has 3 saturated carbocycles. The Labute approximate surface area is 183 Å². The molecule has 152 valence electrons. The molecule has 0 N–H and O–H groups in total. The fourth-order valence-electron chi connectivity index (χ4n) is 5.12. The van der Waals surface area contributed by atoms with Crippen molar-refractivity contribution in [3.63, 3.8) is 0 Å². The molecule has 0 spiro atoms. The topological polar surface area (TPSA) is 0 Å². The van der Waals surface area contributed by atoms with Gasteiger partial charge in [-0.15, -0.1) is 0 Å². The predicted molar refractivity (Wildman–Crippen MR) is 118 cm³/mol. The van der Waals surface area contributed by atoms with E-state index in [9.17, 15) is 0 Å². The van der Waals surface area contributed by atoms with Crippen molar-refractivity contribution in [3.8, 4) is 0 Å². The van der Waals surface area contributed by atoms with Crippen molar-refractivity contribution >= 4 is 0 Å². The number of fused-ring (bicyclic) bond motifs is 1. The maximum Gasteiger partial charge on any atom is 4.00 e. The van der Waals surface area contributed by atoms with Crippen LogP contribution in [-0.2, 0) is 26.2 Å². The van der Waals surface area contributed by atoms with Gasteiger partial charge in [0.15, 0.2) is 0 Å². The Hall–Kier alpha value is 0.883. The van der Waals surface area contributed by atoms with Crippen LogP contribution in [0.4, 0.5) is 0 Å². The average Bonchev–Trinajstić information content (AvgIpc) is 3.11. The Kier molecular flexibility index (Phi) is 31.1. The molecule has 0 aromatic rings. The molecule has 0 aliphatic heterocycles. The van der Waals surface area contributed by atoms with E-state index >= 15 is 0 Å². The summed E-state index contributed by atoms with van der Waals surface area (Å²) < 4.78 is 0. The molecular formula is C24H52Zr. The van der Waals surface area contributed by atoms with Gasteiger partial charge in [-0.05, 0) is 61.7 Å². The Morgan fingerprint density at radius 2 is 1.24 bits per heavy atom. The summed E-state index contributed by atoms with van der Waals surface area (Å²) in [4.78, 5) is 0. The second kappa shape index (κ2) is 21.2. The third-order valence-electron chi connectivity index (χ3n) is 5.92. The molecule has 3 fully saturated rings. The van der Waals surface area contributed by atoms with E-state index in [-0.39, 0.29) is 55.9 Å². The Balaban J connectivity index is -0.000000139. The van der Waals surface area contributed by atoms with Crippen molar-refractivity contribution in [1.82, 2.24) is 0 Å². The second-order valence-electron chi connectivity index (χ2n) is 7.07. The summed E-state index contributed by atoms with van der Waals surface area (Å²) in [6.45, 7) is 10.5. The first kappa shape index (κ1) is 36.7. The largest absolute Gasteiger partial charge is 4.00 e. The minimum absolute atomic E-state index is 0. The summed E-state index contributed by atoms with van der Waals surface area (Å²) >= 11 is 0. The van der Waals surface area contributed by atoms with Crippen molar-refractivity contribution in [1.29, 1.82) is 0 Å². The van der Waals surface area contributed by atoms with Gasteiger partial charge in [0.05, 0.1) is 0 Å². The van der Waals surface area contributed by atoms with E-state index in [2.05, 4.69) is 6.92 Å². The van der Waals surface area contributed by atoms with E-state index < -0.39 is 0 Å². The van der Waals surface area contributed by atoms with Gasteiger partial charge >= 0.3 is 26.2 Å². The first-order valence-corrected chi connectivity index (χ1v) is 9.83. The van der Waals surface area contributed by atoms with Crippen LogP contribution in [0.3, 0.4) is 0 Å². The molecule has 0 radical (unpaired) electrons. The molecule has 0 aromatic heterocycles. The fourth-order valence-corrected chi connectivity index (χ4v) is 5.12. The molecule has 25 heavy (non-hydrogen) atoms. The molecule has 0 nitrogen and oxygen atoms in total. The molecule has 0 saturated heterocycles. The zero-order valence-corrected chi connectivity index (χ0v) is 21.9. The Bertz CT molecular complexity index is 238. The average molecular weight is 432 g/mol. The molecule has 0 heterocycles. The van der Waals surface area contributed by atoms with E-state index in [0.717, 1.165) is 29.6 Å². The maximum atomic E-state index is 2.46. The van der Waals surface area contributed by atoms with Gasteiger partial charge in [0, 0.05) is 0 Å². The van der Waals surface area contributed by atoms with Gasteiger partial charge in [0.1, 0.15) is 0 Å². The van der Waals surface area contributed by atoms with E-state index in [4.69, 9.17) is 0 Å². The van der Waals surface area contributed by atoms with Crippen LogP contribution in [-0.4, -0.2) is 0 Å². The molecule has 0 aromatic carbocycles. The molecule has 3 aliphatic carbocycles. The van der Waals surface area contributed by atoms with Gasteiger partial charge in [-0.2, -0.15) is 0 Å². The molecule has 3 rings (SSSR count). The minimum Gasteiger partial charge on any atom is -0.358 e. The van der Waals surface area contributed by atoms with Crippen LogP contribution < -0.4 is 0 Å². The zero-order valence-electron chi connectivity index (χ0n) is 19.5. The fraction of sp³-hybridized carbons (Fsp3) is 0.833. The van der Waals surface area contributed by atoms with Crippen LogP contribution in [0.2, 0.25) is 0 Å². The quantitative estimate of drug-likeness (QED) is 0.383. The molecule has 0 amide bonds. The van der Waals surface area contributed by atoms with Gasteiger partial charge in [0.25, 0.3) is 0 Å². The first-order valence-electron chi connectivity index (χ1n) is 9.83. The summed E-state index contributed by atoms with van der Waals surface area (Å²) in [5, 5.41) is 0. The molecule has 1 heteroatoms. The van der Waals surface area contributed by atoms with Gasteiger partial charge in [-0.3, -0.25) is 0 Å². The van der Waals surface area contributed by atoms with Crippen molar-refractivity contribution in [2.45, 2.75) is 98.8 Å². The standard InChI is InChI=1S/C16H28.2C2H6.4CH3.Zr/c1-12-6-7-13(10-12)11-15-9-8-14-4-2-3-5-16(14)15;2*1-2;;;;;/h12-16H,2-11H2,1H3;2*1-2H3;4*1H3;/q;;;4*-1;+4. The van der Waals surface area contributed by atoms with Crippen molar-refractivity contribution in [3.05, 3.63) is 29.7 Å². The number of hydrogen-bond donors (Lipinski definition) is 0. The maximum absolute atomic E-state index is 2.46. The third kappa shape index (κ3) is 11.3. The zero-order chi connectivity index (χ0) is 15.0. The summed E-state index contributed by atoms with van der Waals surface area (Å²) in [5.74, 6) is 5.59. The third-order valence-corrected chi connectivity index (χ3v) is 5.92. The van der Waals surface area contributed by atoms with Crippen molar-refractivity contribution in [2.24, 2.45) is 29.6 Å². The Morgan fingerprint density at radius 1 is 0.680 bits per heavy atom. The summed E-state index contributed by atoms with van der Waals surface area (Å²) in [6.07, 6.45) is 15.6. The second-order valence-corrected chi connectivity index (χ2v) is 7.07. The van der Waals surface area contributed by atoms with Gasteiger partial charge < -0.3 is 29.7 Å². The predicted octanol–water partition coefficient (Wildman–Crippen LogP) is 8.88. The van der Waals surface area contributed by atoms with Crippen molar-refractivity contribution in [2.75, 3.05) is 0 Å². The van der Waals surface area contributed by atoms with Gasteiger partial charge in [-0.25, -0.2) is 0 Å². The number of rotatable bonds is 2. The van der Waals surface area contributed by atoms with Crippen LogP contribution in [0.25, 0.3) is 0 Å². The van der Waals surface area contributed by atoms with Gasteiger partial charge in [0.2, 0.25) is 0 Å². The summed E-state index contributed by atoms with van der Waals surface area (Å²) in [5.41, 5.74) is 0. The van der Waals surface area contributed by atoms with E-state index in [1.807, 2.05) is 27.7 Å². The Morgan fingerprint density at radius 3 is 1.76 bits per heavy atom.